The van der Waals surface area contributed by atoms with Gasteiger partial charge in [0, 0.05) is 11.8 Å². The van der Waals surface area contributed by atoms with Gasteiger partial charge in [-0.05, 0) is 17.7 Å². The molecule has 0 aliphatic rings. The number of halogens is 1. The van der Waals surface area contributed by atoms with E-state index in [4.69, 9.17) is 22.1 Å². The third kappa shape index (κ3) is 2.58. The summed E-state index contributed by atoms with van der Waals surface area (Å²) in [6, 6.07) is 7.44. The first-order valence-electron chi connectivity index (χ1n) is 6.67. The van der Waals surface area contributed by atoms with Gasteiger partial charge in [0.25, 0.3) is 0 Å². The standard InChI is InChI=1S/C15H15ClN4O2/c1-22-12-6-9(8-21)2-3-10(12)7-20-5-4-11-13(20)14(16)19-15(17)18-11/h2-6,21H,7-8H2,1H3,(H2,17,18,19). The lowest BCUT2D eigenvalue weighted by molar-refractivity contribution is 0.281. The number of anilines is 1. The fourth-order valence-corrected chi connectivity index (χ4v) is 2.70. The molecule has 6 nitrogen and oxygen atoms in total. The highest BCUT2D eigenvalue weighted by molar-refractivity contribution is 6.33. The highest BCUT2D eigenvalue weighted by atomic mass is 35.5. The predicted octanol–water partition coefficient (Wildman–Crippen LogP) is 2.22. The van der Waals surface area contributed by atoms with E-state index in [2.05, 4.69) is 9.97 Å². The van der Waals surface area contributed by atoms with E-state index in [1.54, 1.807) is 7.11 Å². The minimum Gasteiger partial charge on any atom is -0.496 e. The van der Waals surface area contributed by atoms with Crippen LogP contribution in [0.4, 0.5) is 5.95 Å². The molecule has 3 N–H and O–H groups in total. The molecular formula is C15H15ClN4O2. The Morgan fingerprint density at radius 1 is 1.32 bits per heavy atom. The van der Waals surface area contributed by atoms with Crippen molar-refractivity contribution in [1.82, 2.24) is 14.5 Å². The largest absolute Gasteiger partial charge is 0.496 e. The van der Waals surface area contributed by atoms with Crippen LogP contribution in [0.25, 0.3) is 11.0 Å². The highest BCUT2D eigenvalue weighted by Gasteiger charge is 2.12. The lowest BCUT2D eigenvalue weighted by Crippen LogP contribution is -2.03. The van der Waals surface area contributed by atoms with Crippen molar-refractivity contribution in [2.24, 2.45) is 0 Å². The highest BCUT2D eigenvalue weighted by Crippen LogP contribution is 2.26. The van der Waals surface area contributed by atoms with Crippen molar-refractivity contribution in [2.75, 3.05) is 12.8 Å². The molecule has 0 amide bonds. The molecule has 0 saturated carbocycles. The van der Waals surface area contributed by atoms with Crippen molar-refractivity contribution in [3.63, 3.8) is 0 Å². The topological polar surface area (TPSA) is 86.2 Å². The third-order valence-corrected chi connectivity index (χ3v) is 3.72. The van der Waals surface area contributed by atoms with Crippen LogP contribution in [0, 0.1) is 0 Å². The molecular weight excluding hydrogens is 304 g/mol. The Kier molecular flexibility index (Phi) is 3.87. The number of benzene rings is 1. The summed E-state index contributed by atoms with van der Waals surface area (Å²) >= 11 is 6.18. The van der Waals surface area contributed by atoms with Crippen molar-refractivity contribution in [3.8, 4) is 5.75 Å². The van der Waals surface area contributed by atoms with Crippen molar-refractivity contribution in [2.45, 2.75) is 13.2 Å². The third-order valence-electron chi connectivity index (χ3n) is 3.46. The fraction of sp³-hybridized carbons (Fsp3) is 0.200. The van der Waals surface area contributed by atoms with E-state index in [-0.39, 0.29) is 12.6 Å². The molecule has 3 rings (SSSR count). The SMILES string of the molecule is COc1cc(CO)ccc1Cn1ccc2nc(N)nc(Cl)c21. The van der Waals surface area contributed by atoms with Gasteiger partial charge in [-0.1, -0.05) is 23.7 Å². The first kappa shape index (κ1) is 14.6. The van der Waals surface area contributed by atoms with Gasteiger partial charge in [-0.15, -0.1) is 0 Å². The van der Waals surface area contributed by atoms with E-state index in [1.807, 2.05) is 35.0 Å². The summed E-state index contributed by atoms with van der Waals surface area (Å²) < 4.78 is 7.33. The number of nitrogens with zero attached hydrogens (tertiary/aromatic N) is 3. The molecule has 0 bridgehead atoms. The summed E-state index contributed by atoms with van der Waals surface area (Å²) in [5.74, 6) is 0.862. The number of hydrogen-bond donors (Lipinski definition) is 2. The van der Waals surface area contributed by atoms with E-state index in [0.29, 0.717) is 23.0 Å². The molecule has 0 fully saturated rings. The summed E-state index contributed by atoms with van der Waals surface area (Å²) in [4.78, 5) is 8.16. The molecule has 0 aliphatic carbocycles. The quantitative estimate of drug-likeness (QED) is 0.720. The van der Waals surface area contributed by atoms with E-state index in [1.165, 1.54) is 0 Å². The number of aliphatic hydroxyl groups is 1. The minimum atomic E-state index is -0.0258. The zero-order chi connectivity index (χ0) is 15.7. The van der Waals surface area contributed by atoms with Crippen molar-refractivity contribution >= 4 is 28.6 Å². The van der Waals surface area contributed by atoms with Crippen LogP contribution in [0.2, 0.25) is 5.15 Å². The molecule has 0 saturated heterocycles. The maximum absolute atomic E-state index is 9.20. The van der Waals surface area contributed by atoms with Crippen molar-refractivity contribution in [3.05, 3.63) is 46.7 Å². The number of nitrogens with two attached hydrogens (primary N) is 1. The number of hydrogen-bond acceptors (Lipinski definition) is 5. The number of aliphatic hydroxyl groups excluding tert-OH is 1. The molecule has 2 aromatic heterocycles. The molecule has 7 heteroatoms. The first-order chi connectivity index (χ1) is 10.6. The molecule has 0 unspecified atom stereocenters. The maximum atomic E-state index is 9.20. The first-order valence-corrected chi connectivity index (χ1v) is 7.04. The minimum absolute atomic E-state index is 0.0258. The Morgan fingerprint density at radius 3 is 2.86 bits per heavy atom. The summed E-state index contributed by atoms with van der Waals surface area (Å²) in [5.41, 5.74) is 8.79. The second kappa shape index (κ2) is 5.82. The maximum Gasteiger partial charge on any atom is 0.222 e. The van der Waals surface area contributed by atoms with Crippen molar-refractivity contribution in [1.29, 1.82) is 0 Å². The molecule has 114 valence electrons. The molecule has 3 aromatic rings. The van der Waals surface area contributed by atoms with Gasteiger partial charge < -0.3 is 20.1 Å². The van der Waals surface area contributed by atoms with Crippen LogP contribution in [-0.2, 0) is 13.2 Å². The molecule has 22 heavy (non-hydrogen) atoms. The average molecular weight is 319 g/mol. The van der Waals surface area contributed by atoms with Crippen LogP contribution in [0.1, 0.15) is 11.1 Å². The smallest absolute Gasteiger partial charge is 0.222 e. The van der Waals surface area contributed by atoms with E-state index < -0.39 is 0 Å². The van der Waals surface area contributed by atoms with Gasteiger partial charge >= 0.3 is 0 Å². The monoisotopic (exact) mass is 318 g/mol. The zero-order valence-corrected chi connectivity index (χ0v) is 12.7. The van der Waals surface area contributed by atoms with Gasteiger partial charge in [0.05, 0.1) is 25.8 Å². The van der Waals surface area contributed by atoms with Gasteiger partial charge in [0.1, 0.15) is 11.3 Å². The van der Waals surface area contributed by atoms with E-state index in [9.17, 15) is 5.11 Å². The van der Waals surface area contributed by atoms with Crippen LogP contribution in [0.3, 0.4) is 0 Å². The van der Waals surface area contributed by atoms with Gasteiger partial charge in [-0.2, -0.15) is 4.98 Å². The Balaban J connectivity index is 2.04. The number of ether oxygens (including phenoxy) is 1. The van der Waals surface area contributed by atoms with Gasteiger partial charge in [0.2, 0.25) is 5.95 Å². The number of nitrogen functional groups attached to an aromatic ring is 1. The van der Waals surface area contributed by atoms with Crippen LogP contribution in [-0.4, -0.2) is 26.8 Å². The lowest BCUT2D eigenvalue weighted by Gasteiger charge is -2.12. The number of aromatic nitrogens is 3. The second-order valence-corrected chi connectivity index (χ2v) is 5.21. The van der Waals surface area contributed by atoms with Crippen LogP contribution in [0.15, 0.2) is 30.5 Å². The Hall–Kier alpha value is -2.31. The van der Waals surface area contributed by atoms with Crippen molar-refractivity contribution < 1.29 is 9.84 Å². The molecule has 2 heterocycles. The number of rotatable bonds is 4. The lowest BCUT2D eigenvalue weighted by atomic mass is 10.1. The molecule has 0 spiro atoms. The Bertz CT molecular complexity index is 832. The molecule has 0 atom stereocenters. The Labute approximate surface area is 132 Å². The van der Waals surface area contributed by atoms with Crippen LogP contribution in [0.5, 0.6) is 5.75 Å². The summed E-state index contributed by atoms with van der Waals surface area (Å²) in [6.07, 6.45) is 1.88. The van der Waals surface area contributed by atoms with Gasteiger partial charge in [-0.25, -0.2) is 4.98 Å². The van der Waals surface area contributed by atoms with Crippen LogP contribution >= 0.6 is 11.6 Å². The predicted molar refractivity (Wildman–Crippen MR) is 85.0 cm³/mol. The summed E-state index contributed by atoms with van der Waals surface area (Å²) in [7, 11) is 1.60. The molecule has 0 radical (unpaired) electrons. The van der Waals surface area contributed by atoms with Gasteiger partial charge in [0.15, 0.2) is 5.15 Å². The Morgan fingerprint density at radius 2 is 2.14 bits per heavy atom. The molecule has 0 aliphatic heterocycles. The summed E-state index contributed by atoms with van der Waals surface area (Å²) in [5, 5.41) is 9.52. The van der Waals surface area contributed by atoms with E-state index in [0.717, 1.165) is 16.6 Å². The van der Waals surface area contributed by atoms with Crippen LogP contribution < -0.4 is 10.5 Å². The summed E-state index contributed by atoms with van der Waals surface area (Å²) in [6.45, 7) is 0.521. The fourth-order valence-electron chi connectivity index (χ4n) is 2.41. The molecule has 1 aromatic carbocycles. The average Bonchev–Trinajstić information content (AvgIpc) is 2.90. The van der Waals surface area contributed by atoms with Gasteiger partial charge in [-0.3, -0.25) is 0 Å². The normalized spacial score (nSPS) is 11.0. The second-order valence-electron chi connectivity index (χ2n) is 4.85. The van der Waals surface area contributed by atoms with E-state index >= 15 is 0 Å². The zero-order valence-electron chi connectivity index (χ0n) is 12.0. The number of methoxy groups -OCH3 is 1. The number of fused-ring (bicyclic) bond motifs is 1.